The molecule has 0 fully saturated rings. The van der Waals surface area contributed by atoms with Crippen molar-refractivity contribution in [3.8, 4) is 0 Å². The summed E-state index contributed by atoms with van der Waals surface area (Å²) in [6.07, 6.45) is 0. The molecule has 0 spiro atoms. The quantitative estimate of drug-likeness (QED) is 0.631. The molecule has 0 aliphatic heterocycles. The first kappa shape index (κ1) is 21.0. The lowest BCUT2D eigenvalue weighted by Crippen LogP contribution is -2.31. The van der Waals surface area contributed by atoms with Crippen molar-refractivity contribution in [3.63, 3.8) is 0 Å². The number of fused-ring (bicyclic) bond motifs is 1. The van der Waals surface area contributed by atoms with Crippen molar-refractivity contribution in [2.75, 3.05) is 19.0 Å². The number of hydrogen-bond donors (Lipinski definition) is 1. The molecule has 0 aromatic heterocycles. The number of carbonyl (C=O) groups is 3. The van der Waals surface area contributed by atoms with Gasteiger partial charge in [0, 0.05) is 20.5 Å². The van der Waals surface area contributed by atoms with Gasteiger partial charge in [-0.25, -0.2) is 9.18 Å². The van der Waals surface area contributed by atoms with Crippen molar-refractivity contribution in [1.29, 1.82) is 0 Å². The van der Waals surface area contributed by atoms with Gasteiger partial charge in [0.2, 0.25) is 5.91 Å². The lowest BCUT2D eigenvalue weighted by atomic mass is 10.0. The summed E-state index contributed by atoms with van der Waals surface area (Å²) in [7, 11) is 1.54. The second-order valence-electron chi connectivity index (χ2n) is 6.88. The van der Waals surface area contributed by atoms with Gasteiger partial charge in [0.1, 0.15) is 5.82 Å². The van der Waals surface area contributed by atoms with E-state index in [1.807, 2.05) is 24.3 Å². The molecule has 30 heavy (non-hydrogen) atoms. The molecule has 0 aliphatic carbocycles. The maximum atomic E-state index is 13.3. The molecule has 0 radical (unpaired) electrons. The monoisotopic (exact) mass is 408 g/mol. The van der Waals surface area contributed by atoms with E-state index in [9.17, 15) is 18.8 Å². The Balaban J connectivity index is 1.71. The van der Waals surface area contributed by atoms with Crippen molar-refractivity contribution < 1.29 is 23.5 Å². The van der Waals surface area contributed by atoms with Crippen LogP contribution in [0, 0.1) is 5.82 Å². The molecule has 3 aromatic rings. The summed E-state index contributed by atoms with van der Waals surface area (Å²) in [6.45, 7) is 1.05. The standard InChI is InChI=1S/C23H21FN2O4/c1-15(27)25-21-12-18-8-4-3-7-17(18)11-20(21)23(29)30-14-22(28)26(2)13-16-6-5-9-19(24)10-16/h3-12H,13-14H2,1-2H3,(H,25,27). The number of benzene rings is 3. The SMILES string of the molecule is CC(=O)Nc1cc2ccccc2cc1C(=O)OCC(=O)N(C)Cc1cccc(F)c1. The fourth-order valence-corrected chi connectivity index (χ4v) is 3.01. The lowest BCUT2D eigenvalue weighted by molar-refractivity contribution is -0.133. The highest BCUT2D eigenvalue weighted by molar-refractivity contribution is 6.05. The van der Waals surface area contributed by atoms with E-state index in [0.717, 1.165) is 10.8 Å². The lowest BCUT2D eigenvalue weighted by Gasteiger charge is -2.18. The molecular formula is C23H21FN2O4. The molecular weight excluding hydrogens is 387 g/mol. The predicted octanol–water partition coefficient (Wildman–Crippen LogP) is 3.75. The van der Waals surface area contributed by atoms with Gasteiger partial charge in [-0.2, -0.15) is 0 Å². The smallest absolute Gasteiger partial charge is 0.340 e. The number of ether oxygens (including phenoxy) is 1. The van der Waals surface area contributed by atoms with Gasteiger partial charge in [-0.05, 0) is 40.6 Å². The molecule has 2 amide bonds. The van der Waals surface area contributed by atoms with Crippen LogP contribution in [0.25, 0.3) is 10.8 Å². The van der Waals surface area contributed by atoms with Crippen LogP contribution in [0.15, 0.2) is 60.7 Å². The fourth-order valence-electron chi connectivity index (χ4n) is 3.01. The summed E-state index contributed by atoms with van der Waals surface area (Å²) < 4.78 is 18.5. The summed E-state index contributed by atoms with van der Waals surface area (Å²) in [5.74, 6) is -1.88. The molecule has 154 valence electrons. The second-order valence-corrected chi connectivity index (χ2v) is 6.88. The molecule has 0 atom stereocenters. The Morgan fingerprint density at radius 2 is 1.70 bits per heavy atom. The number of anilines is 1. The van der Waals surface area contributed by atoms with Crippen LogP contribution >= 0.6 is 0 Å². The van der Waals surface area contributed by atoms with E-state index in [4.69, 9.17) is 4.74 Å². The molecule has 0 saturated carbocycles. The van der Waals surface area contributed by atoms with Crippen molar-refractivity contribution in [2.24, 2.45) is 0 Å². The molecule has 1 N–H and O–H groups in total. The van der Waals surface area contributed by atoms with Gasteiger partial charge in [0.15, 0.2) is 6.61 Å². The molecule has 6 nitrogen and oxygen atoms in total. The first-order valence-corrected chi connectivity index (χ1v) is 9.29. The third kappa shape index (κ3) is 5.20. The highest BCUT2D eigenvalue weighted by Crippen LogP contribution is 2.25. The number of esters is 1. The number of hydrogen-bond acceptors (Lipinski definition) is 4. The number of rotatable bonds is 6. The molecule has 7 heteroatoms. The fraction of sp³-hybridized carbons (Fsp3) is 0.174. The summed E-state index contributed by atoms with van der Waals surface area (Å²) in [5.41, 5.74) is 1.09. The van der Waals surface area contributed by atoms with Gasteiger partial charge in [-0.3, -0.25) is 9.59 Å². The third-order valence-electron chi connectivity index (χ3n) is 4.48. The number of halogens is 1. The second kappa shape index (κ2) is 9.17. The first-order valence-electron chi connectivity index (χ1n) is 9.29. The van der Waals surface area contributed by atoms with Crippen LogP contribution in [0.2, 0.25) is 0 Å². The summed E-state index contributed by atoms with van der Waals surface area (Å²) in [4.78, 5) is 37.8. The minimum atomic E-state index is -0.725. The molecule has 0 unspecified atom stereocenters. The maximum absolute atomic E-state index is 13.3. The number of nitrogens with one attached hydrogen (secondary N) is 1. The van der Waals surface area contributed by atoms with Crippen LogP contribution in [0.1, 0.15) is 22.8 Å². The molecule has 3 aromatic carbocycles. The number of carbonyl (C=O) groups excluding carboxylic acids is 3. The Kier molecular flexibility index (Phi) is 6.41. The van der Waals surface area contributed by atoms with Crippen LogP contribution in [0.3, 0.4) is 0 Å². The largest absolute Gasteiger partial charge is 0.452 e. The van der Waals surface area contributed by atoms with E-state index in [-0.39, 0.29) is 23.8 Å². The van der Waals surface area contributed by atoms with E-state index < -0.39 is 18.5 Å². The summed E-state index contributed by atoms with van der Waals surface area (Å²) in [5, 5.41) is 4.27. The van der Waals surface area contributed by atoms with E-state index in [2.05, 4.69) is 5.32 Å². The Hall–Kier alpha value is -3.74. The zero-order chi connectivity index (χ0) is 21.7. The minimum absolute atomic E-state index is 0.157. The van der Waals surface area contributed by atoms with E-state index >= 15 is 0 Å². The zero-order valence-electron chi connectivity index (χ0n) is 16.6. The van der Waals surface area contributed by atoms with Crippen molar-refractivity contribution in [1.82, 2.24) is 4.90 Å². The van der Waals surface area contributed by atoms with E-state index in [1.165, 1.54) is 24.0 Å². The Bertz CT molecular complexity index is 1110. The summed E-state index contributed by atoms with van der Waals surface area (Å²) in [6, 6.07) is 16.6. The van der Waals surface area contributed by atoms with Crippen LogP contribution in [-0.4, -0.2) is 36.3 Å². The zero-order valence-corrected chi connectivity index (χ0v) is 16.6. The Morgan fingerprint density at radius 1 is 1.00 bits per heavy atom. The van der Waals surface area contributed by atoms with Crippen molar-refractivity contribution in [2.45, 2.75) is 13.5 Å². The molecule has 0 saturated heterocycles. The third-order valence-corrected chi connectivity index (χ3v) is 4.48. The van der Waals surface area contributed by atoms with Crippen molar-refractivity contribution >= 4 is 34.2 Å². The Labute approximate surface area is 173 Å². The van der Waals surface area contributed by atoms with Gasteiger partial charge in [-0.1, -0.05) is 36.4 Å². The number of nitrogens with zero attached hydrogens (tertiary/aromatic N) is 1. The number of amides is 2. The molecule has 0 bridgehead atoms. The average molecular weight is 408 g/mol. The summed E-state index contributed by atoms with van der Waals surface area (Å²) >= 11 is 0. The number of likely N-dealkylation sites (N-methyl/N-ethyl adjacent to an activating group) is 1. The highest BCUT2D eigenvalue weighted by atomic mass is 19.1. The van der Waals surface area contributed by atoms with Gasteiger partial charge in [0.05, 0.1) is 11.3 Å². The van der Waals surface area contributed by atoms with E-state index in [1.54, 1.807) is 31.3 Å². The topological polar surface area (TPSA) is 75.7 Å². The predicted molar refractivity (Wildman–Crippen MR) is 111 cm³/mol. The molecule has 3 rings (SSSR count). The Morgan fingerprint density at radius 3 is 2.37 bits per heavy atom. The maximum Gasteiger partial charge on any atom is 0.340 e. The van der Waals surface area contributed by atoms with Crippen LogP contribution in [0.5, 0.6) is 0 Å². The van der Waals surface area contributed by atoms with Gasteiger partial charge < -0.3 is 15.0 Å². The highest BCUT2D eigenvalue weighted by Gasteiger charge is 2.18. The van der Waals surface area contributed by atoms with Crippen LogP contribution in [0.4, 0.5) is 10.1 Å². The van der Waals surface area contributed by atoms with Crippen LogP contribution < -0.4 is 5.32 Å². The molecule has 0 heterocycles. The van der Waals surface area contributed by atoms with Gasteiger partial charge in [-0.15, -0.1) is 0 Å². The van der Waals surface area contributed by atoms with E-state index in [0.29, 0.717) is 11.3 Å². The average Bonchev–Trinajstić information content (AvgIpc) is 2.70. The minimum Gasteiger partial charge on any atom is -0.452 e. The van der Waals surface area contributed by atoms with Gasteiger partial charge >= 0.3 is 5.97 Å². The first-order chi connectivity index (χ1) is 14.3. The van der Waals surface area contributed by atoms with Gasteiger partial charge in [0.25, 0.3) is 5.91 Å². The molecule has 0 aliphatic rings. The normalized spacial score (nSPS) is 10.5. The van der Waals surface area contributed by atoms with Crippen LogP contribution in [-0.2, 0) is 20.9 Å². The van der Waals surface area contributed by atoms with Crippen molar-refractivity contribution in [3.05, 3.63) is 77.6 Å².